The quantitative estimate of drug-likeness (QED) is 0.690. The number of carbonyl (C=O) groups is 2. The van der Waals surface area contributed by atoms with Crippen LogP contribution < -0.4 is 0 Å². The maximum Gasteiger partial charge on any atom is 0.417 e. The van der Waals surface area contributed by atoms with Gasteiger partial charge in [0.05, 0.1) is 23.5 Å². The Morgan fingerprint density at radius 1 is 1.19 bits per heavy atom. The topological polar surface area (TPSA) is 90.0 Å². The van der Waals surface area contributed by atoms with Gasteiger partial charge in [0.15, 0.2) is 6.61 Å². The highest BCUT2D eigenvalue weighted by molar-refractivity contribution is 7.89. The highest BCUT2D eigenvalue weighted by Gasteiger charge is 2.40. The lowest BCUT2D eigenvalue weighted by atomic mass is 9.98. The van der Waals surface area contributed by atoms with Crippen LogP contribution >= 0.6 is 0 Å². The van der Waals surface area contributed by atoms with Crippen LogP contribution in [-0.2, 0) is 35.3 Å². The first-order chi connectivity index (χ1) is 12.6. The molecule has 1 aromatic rings. The molecule has 0 spiro atoms. The first-order valence-corrected chi connectivity index (χ1v) is 9.41. The van der Waals surface area contributed by atoms with E-state index < -0.39 is 51.1 Å². The Balaban J connectivity index is 2.08. The van der Waals surface area contributed by atoms with E-state index in [1.807, 2.05) is 0 Å². The number of ether oxygens (including phenoxy) is 2. The predicted octanol–water partition coefficient (Wildman–Crippen LogP) is 1.82. The Kier molecular flexibility index (Phi) is 6.47. The Labute approximate surface area is 154 Å². The number of piperidine rings is 1. The van der Waals surface area contributed by atoms with Crippen molar-refractivity contribution in [3.63, 3.8) is 0 Å². The Morgan fingerprint density at radius 3 is 2.33 bits per heavy atom. The van der Waals surface area contributed by atoms with Gasteiger partial charge in [-0.15, -0.1) is 0 Å². The molecule has 1 heterocycles. The average molecular weight is 409 g/mol. The fourth-order valence-corrected chi connectivity index (χ4v) is 4.39. The molecule has 2 rings (SSSR count). The summed E-state index contributed by atoms with van der Waals surface area (Å²) in [6, 6.07) is 3.96. The second-order valence-corrected chi connectivity index (χ2v) is 7.76. The molecule has 27 heavy (non-hydrogen) atoms. The lowest BCUT2D eigenvalue weighted by Gasteiger charge is -2.30. The fourth-order valence-electron chi connectivity index (χ4n) is 2.70. The molecular formula is C16H18F3NO6S. The van der Waals surface area contributed by atoms with Gasteiger partial charge in [0.25, 0.3) is 0 Å². The van der Waals surface area contributed by atoms with Crippen molar-refractivity contribution in [2.45, 2.75) is 23.9 Å². The largest absolute Gasteiger partial charge is 0.466 e. The molecule has 0 bridgehead atoms. The molecule has 1 aliphatic rings. The monoisotopic (exact) mass is 409 g/mol. The second kappa shape index (κ2) is 8.26. The number of sulfonamides is 1. The predicted molar refractivity (Wildman–Crippen MR) is 85.9 cm³/mol. The van der Waals surface area contributed by atoms with Crippen LogP contribution in [0.5, 0.6) is 0 Å². The van der Waals surface area contributed by atoms with Crippen LogP contribution in [0.2, 0.25) is 0 Å². The third-order valence-electron chi connectivity index (χ3n) is 4.16. The van der Waals surface area contributed by atoms with E-state index in [1.165, 1.54) is 6.07 Å². The van der Waals surface area contributed by atoms with Crippen molar-refractivity contribution in [3.05, 3.63) is 29.8 Å². The average Bonchev–Trinajstić information content (AvgIpc) is 2.65. The number of hydrogen-bond acceptors (Lipinski definition) is 6. The fraction of sp³-hybridized carbons (Fsp3) is 0.500. The highest BCUT2D eigenvalue weighted by Crippen LogP contribution is 2.36. The highest BCUT2D eigenvalue weighted by atomic mass is 32.2. The summed E-state index contributed by atoms with van der Waals surface area (Å²) in [6.45, 7) is -0.814. The molecule has 7 nitrogen and oxygen atoms in total. The second-order valence-electron chi connectivity index (χ2n) is 5.86. The molecule has 1 saturated heterocycles. The maximum atomic E-state index is 13.1. The molecule has 0 amide bonds. The van der Waals surface area contributed by atoms with Gasteiger partial charge >= 0.3 is 18.1 Å². The van der Waals surface area contributed by atoms with Crippen molar-refractivity contribution in [1.29, 1.82) is 0 Å². The van der Waals surface area contributed by atoms with E-state index in [1.54, 1.807) is 0 Å². The first-order valence-electron chi connectivity index (χ1n) is 7.97. The van der Waals surface area contributed by atoms with E-state index in [0.29, 0.717) is 6.07 Å². The van der Waals surface area contributed by atoms with Crippen molar-refractivity contribution < 1.29 is 40.7 Å². The number of nitrogens with zero attached hydrogens (tertiary/aromatic N) is 1. The first kappa shape index (κ1) is 21.2. The van der Waals surface area contributed by atoms with Gasteiger partial charge in [-0.3, -0.25) is 4.79 Å². The molecule has 1 fully saturated rings. The maximum absolute atomic E-state index is 13.1. The normalized spacial score (nSPS) is 16.7. The van der Waals surface area contributed by atoms with Crippen LogP contribution in [0.25, 0.3) is 0 Å². The molecule has 0 aliphatic carbocycles. The van der Waals surface area contributed by atoms with Gasteiger partial charge in [0, 0.05) is 13.1 Å². The number of esters is 2. The van der Waals surface area contributed by atoms with Crippen molar-refractivity contribution in [2.24, 2.45) is 5.92 Å². The standard InChI is InChI=1S/C16H18F3NO6S/c1-25-14(21)10-26-15(22)11-6-8-20(9-7-11)27(23,24)13-5-3-2-4-12(13)16(17,18)19/h2-5,11H,6-10H2,1H3. The molecule has 0 unspecified atom stereocenters. The number of benzene rings is 1. The Morgan fingerprint density at radius 2 is 1.78 bits per heavy atom. The molecule has 0 aromatic heterocycles. The molecule has 0 radical (unpaired) electrons. The summed E-state index contributed by atoms with van der Waals surface area (Å²) in [7, 11) is -3.23. The Bertz CT molecular complexity index is 801. The van der Waals surface area contributed by atoms with Crippen LogP contribution in [-0.4, -0.2) is 51.5 Å². The van der Waals surface area contributed by atoms with Crippen LogP contribution in [0.1, 0.15) is 18.4 Å². The van der Waals surface area contributed by atoms with Crippen LogP contribution in [0.4, 0.5) is 13.2 Å². The zero-order chi connectivity index (χ0) is 20.2. The summed E-state index contributed by atoms with van der Waals surface area (Å²) < 4.78 is 74.6. The van der Waals surface area contributed by atoms with E-state index in [4.69, 9.17) is 4.74 Å². The molecule has 1 aromatic carbocycles. The number of halogens is 3. The molecule has 0 N–H and O–H groups in total. The number of carbonyl (C=O) groups excluding carboxylic acids is 2. The van der Waals surface area contributed by atoms with Crippen molar-refractivity contribution in [3.8, 4) is 0 Å². The molecule has 0 saturated carbocycles. The summed E-state index contributed by atoms with van der Waals surface area (Å²) in [6.07, 6.45) is -4.65. The summed E-state index contributed by atoms with van der Waals surface area (Å²) in [5, 5.41) is 0. The summed E-state index contributed by atoms with van der Waals surface area (Å²) >= 11 is 0. The van der Waals surface area contributed by atoms with Gasteiger partial charge in [-0.25, -0.2) is 13.2 Å². The zero-order valence-corrected chi connectivity index (χ0v) is 15.2. The molecule has 1 aliphatic heterocycles. The van der Waals surface area contributed by atoms with E-state index in [9.17, 15) is 31.2 Å². The minimum Gasteiger partial charge on any atom is -0.466 e. The number of hydrogen-bond donors (Lipinski definition) is 0. The van der Waals surface area contributed by atoms with Crippen molar-refractivity contribution in [2.75, 3.05) is 26.8 Å². The smallest absolute Gasteiger partial charge is 0.417 e. The third kappa shape index (κ3) is 4.98. The SMILES string of the molecule is COC(=O)COC(=O)C1CCN(S(=O)(=O)c2ccccc2C(F)(F)F)CC1. The van der Waals surface area contributed by atoms with E-state index in [2.05, 4.69) is 4.74 Å². The molecule has 150 valence electrons. The van der Waals surface area contributed by atoms with Crippen LogP contribution in [0.3, 0.4) is 0 Å². The van der Waals surface area contributed by atoms with Gasteiger partial charge < -0.3 is 9.47 Å². The number of rotatable bonds is 5. The lowest BCUT2D eigenvalue weighted by Crippen LogP contribution is -2.41. The lowest BCUT2D eigenvalue weighted by molar-refractivity contribution is -0.160. The van der Waals surface area contributed by atoms with Gasteiger partial charge in [-0.2, -0.15) is 17.5 Å². The molecular weight excluding hydrogens is 391 g/mol. The number of alkyl halides is 3. The van der Waals surface area contributed by atoms with Crippen LogP contribution in [0, 0.1) is 5.92 Å². The van der Waals surface area contributed by atoms with Crippen molar-refractivity contribution >= 4 is 22.0 Å². The van der Waals surface area contributed by atoms with Gasteiger partial charge in [0.2, 0.25) is 10.0 Å². The van der Waals surface area contributed by atoms with Gasteiger partial charge in [-0.05, 0) is 25.0 Å². The third-order valence-corrected chi connectivity index (χ3v) is 6.11. The Hall–Kier alpha value is -2.14. The van der Waals surface area contributed by atoms with E-state index in [0.717, 1.165) is 23.5 Å². The van der Waals surface area contributed by atoms with E-state index >= 15 is 0 Å². The summed E-state index contributed by atoms with van der Waals surface area (Å²) in [5.41, 5.74) is -1.23. The van der Waals surface area contributed by atoms with Crippen LogP contribution in [0.15, 0.2) is 29.2 Å². The molecule has 0 atom stereocenters. The summed E-state index contributed by atoms with van der Waals surface area (Å²) in [4.78, 5) is 22.0. The van der Waals surface area contributed by atoms with Crippen molar-refractivity contribution in [1.82, 2.24) is 4.31 Å². The minimum absolute atomic E-state index is 0.0768. The minimum atomic E-state index is -4.81. The summed E-state index contributed by atoms with van der Waals surface area (Å²) in [5.74, 6) is -2.04. The van der Waals surface area contributed by atoms with Gasteiger partial charge in [0.1, 0.15) is 0 Å². The number of methoxy groups -OCH3 is 1. The zero-order valence-electron chi connectivity index (χ0n) is 14.4. The molecule has 11 heteroatoms. The van der Waals surface area contributed by atoms with Gasteiger partial charge in [-0.1, -0.05) is 12.1 Å². The van der Waals surface area contributed by atoms with E-state index in [-0.39, 0.29) is 25.9 Å².